The van der Waals surface area contributed by atoms with Gasteiger partial charge < -0.3 is 10.4 Å². The average Bonchev–Trinajstić information content (AvgIpc) is 2.72. The van der Waals surface area contributed by atoms with Crippen molar-refractivity contribution >= 4 is 32.7 Å². The maximum atomic E-state index is 11.9. The SMILES string of the molecule is CC(O)CNC(=O)c1cc(Br)cc2[nH]ncc12. The van der Waals surface area contributed by atoms with Crippen LogP contribution in [0, 0.1) is 0 Å². The number of amides is 1. The number of benzene rings is 1. The number of nitrogens with zero attached hydrogens (tertiary/aromatic N) is 1. The summed E-state index contributed by atoms with van der Waals surface area (Å²) >= 11 is 3.34. The molecule has 0 bridgehead atoms. The van der Waals surface area contributed by atoms with E-state index in [1.54, 1.807) is 19.2 Å². The molecule has 3 N–H and O–H groups in total. The van der Waals surface area contributed by atoms with Crippen LogP contribution in [-0.4, -0.2) is 33.9 Å². The van der Waals surface area contributed by atoms with Gasteiger partial charge in [-0.2, -0.15) is 5.10 Å². The summed E-state index contributed by atoms with van der Waals surface area (Å²) in [5, 5.41) is 19.3. The van der Waals surface area contributed by atoms with Crippen LogP contribution in [0.25, 0.3) is 10.9 Å². The molecule has 1 aromatic heterocycles. The van der Waals surface area contributed by atoms with Gasteiger partial charge in [-0.25, -0.2) is 0 Å². The van der Waals surface area contributed by atoms with E-state index in [1.165, 1.54) is 0 Å². The fourth-order valence-electron chi connectivity index (χ4n) is 1.54. The summed E-state index contributed by atoms with van der Waals surface area (Å²) in [4.78, 5) is 11.9. The van der Waals surface area contributed by atoms with Gasteiger partial charge in [0, 0.05) is 16.4 Å². The highest BCUT2D eigenvalue weighted by Crippen LogP contribution is 2.22. The van der Waals surface area contributed by atoms with Crippen molar-refractivity contribution in [2.24, 2.45) is 0 Å². The molecule has 5 nitrogen and oxygen atoms in total. The maximum Gasteiger partial charge on any atom is 0.252 e. The van der Waals surface area contributed by atoms with Crippen LogP contribution < -0.4 is 5.32 Å². The average molecular weight is 298 g/mol. The molecule has 1 unspecified atom stereocenters. The van der Waals surface area contributed by atoms with Crippen LogP contribution in [-0.2, 0) is 0 Å². The molecule has 1 heterocycles. The molecule has 1 amide bonds. The van der Waals surface area contributed by atoms with E-state index in [2.05, 4.69) is 31.4 Å². The normalized spacial score (nSPS) is 12.6. The van der Waals surface area contributed by atoms with Crippen molar-refractivity contribution in [3.05, 3.63) is 28.4 Å². The fraction of sp³-hybridized carbons (Fsp3) is 0.273. The molecule has 2 aromatic rings. The Kier molecular flexibility index (Phi) is 3.44. The number of aromatic amines is 1. The molecule has 1 aromatic carbocycles. The van der Waals surface area contributed by atoms with Gasteiger partial charge in [0.2, 0.25) is 0 Å². The van der Waals surface area contributed by atoms with Crippen LogP contribution in [0.2, 0.25) is 0 Å². The summed E-state index contributed by atoms with van der Waals surface area (Å²) in [6.45, 7) is 1.85. The van der Waals surface area contributed by atoms with E-state index in [1.807, 2.05) is 6.07 Å². The molecular formula is C11H12BrN3O2. The van der Waals surface area contributed by atoms with Crippen LogP contribution >= 0.6 is 15.9 Å². The summed E-state index contributed by atoms with van der Waals surface area (Å²) in [5.74, 6) is -0.224. The summed E-state index contributed by atoms with van der Waals surface area (Å²) in [6.07, 6.45) is 1.05. The zero-order valence-corrected chi connectivity index (χ0v) is 10.8. The Morgan fingerprint density at radius 2 is 2.41 bits per heavy atom. The van der Waals surface area contributed by atoms with E-state index < -0.39 is 6.10 Å². The van der Waals surface area contributed by atoms with Crippen LogP contribution in [0.15, 0.2) is 22.8 Å². The van der Waals surface area contributed by atoms with Crippen LogP contribution in [0.3, 0.4) is 0 Å². The summed E-state index contributed by atoms with van der Waals surface area (Å²) in [7, 11) is 0. The van der Waals surface area contributed by atoms with E-state index in [4.69, 9.17) is 5.11 Å². The number of aliphatic hydroxyl groups is 1. The van der Waals surface area contributed by atoms with Gasteiger partial charge in [-0.3, -0.25) is 9.89 Å². The molecule has 0 aliphatic heterocycles. The zero-order chi connectivity index (χ0) is 12.4. The third-order valence-corrected chi connectivity index (χ3v) is 2.78. The first kappa shape index (κ1) is 12.1. The van der Waals surface area contributed by atoms with Crippen molar-refractivity contribution < 1.29 is 9.90 Å². The number of hydrogen-bond donors (Lipinski definition) is 3. The Balaban J connectivity index is 2.33. The van der Waals surface area contributed by atoms with Gasteiger partial charge in [0.15, 0.2) is 0 Å². The first-order valence-corrected chi connectivity index (χ1v) is 5.96. The second-order valence-corrected chi connectivity index (χ2v) is 4.76. The highest BCUT2D eigenvalue weighted by Gasteiger charge is 2.12. The lowest BCUT2D eigenvalue weighted by Crippen LogP contribution is -2.30. The molecule has 90 valence electrons. The molecule has 0 saturated heterocycles. The molecule has 0 aliphatic carbocycles. The third-order valence-electron chi connectivity index (χ3n) is 2.33. The second-order valence-electron chi connectivity index (χ2n) is 3.84. The monoisotopic (exact) mass is 297 g/mol. The standard InChI is InChI=1S/C11H12BrN3O2/c1-6(16)4-13-11(17)8-2-7(12)3-10-9(8)5-14-15-10/h2-3,5-6,16H,4H2,1H3,(H,13,17)(H,14,15). The fourth-order valence-corrected chi connectivity index (χ4v) is 2.00. The van der Waals surface area contributed by atoms with Gasteiger partial charge in [0.1, 0.15) is 0 Å². The van der Waals surface area contributed by atoms with Gasteiger partial charge in [-0.1, -0.05) is 15.9 Å². The third kappa shape index (κ3) is 2.65. The predicted molar refractivity (Wildman–Crippen MR) is 67.8 cm³/mol. The Labute approximate surface area is 106 Å². The molecule has 0 spiro atoms. The Bertz CT molecular complexity index is 551. The Hall–Kier alpha value is -1.40. The molecule has 2 rings (SSSR count). The zero-order valence-electron chi connectivity index (χ0n) is 9.20. The molecular weight excluding hydrogens is 286 g/mol. The highest BCUT2D eigenvalue weighted by atomic mass is 79.9. The van der Waals surface area contributed by atoms with E-state index >= 15 is 0 Å². The summed E-state index contributed by atoms with van der Waals surface area (Å²) in [6, 6.07) is 3.59. The number of carbonyl (C=O) groups is 1. The summed E-state index contributed by atoms with van der Waals surface area (Å²) in [5.41, 5.74) is 1.32. The number of halogens is 1. The highest BCUT2D eigenvalue weighted by molar-refractivity contribution is 9.10. The number of aliphatic hydroxyl groups excluding tert-OH is 1. The van der Waals surface area contributed by atoms with Crippen molar-refractivity contribution in [2.75, 3.05) is 6.54 Å². The summed E-state index contributed by atoms with van der Waals surface area (Å²) < 4.78 is 0.802. The van der Waals surface area contributed by atoms with Gasteiger partial charge in [-0.15, -0.1) is 0 Å². The van der Waals surface area contributed by atoms with Crippen molar-refractivity contribution in [3.8, 4) is 0 Å². The number of aromatic nitrogens is 2. The first-order valence-electron chi connectivity index (χ1n) is 5.17. The number of rotatable bonds is 3. The minimum absolute atomic E-state index is 0.224. The number of H-pyrrole nitrogens is 1. The largest absolute Gasteiger partial charge is 0.392 e. The van der Waals surface area contributed by atoms with E-state index in [-0.39, 0.29) is 12.5 Å². The lowest BCUT2D eigenvalue weighted by Gasteiger charge is -2.08. The molecule has 6 heteroatoms. The smallest absolute Gasteiger partial charge is 0.252 e. The molecule has 1 atom stereocenters. The molecule has 0 saturated carbocycles. The second kappa shape index (κ2) is 4.85. The van der Waals surface area contributed by atoms with E-state index in [0.717, 1.165) is 15.4 Å². The topological polar surface area (TPSA) is 78.0 Å². The van der Waals surface area contributed by atoms with Crippen molar-refractivity contribution in [1.82, 2.24) is 15.5 Å². The molecule has 17 heavy (non-hydrogen) atoms. The van der Waals surface area contributed by atoms with E-state index in [0.29, 0.717) is 5.56 Å². The number of hydrogen-bond acceptors (Lipinski definition) is 3. The van der Waals surface area contributed by atoms with Crippen molar-refractivity contribution in [1.29, 1.82) is 0 Å². The minimum atomic E-state index is -0.564. The molecule has 0 radical (unpaired) electrons. The molecule has 0 fully saturated rings. The number of nitrogens with one attached hydrogen (secondary N) is 2. The maximum absolute atomic E-state index is 11.9. The van der Waals surface area contributed by atoms with E-state index in [9.17, 15) is 4.79 Å². The molecule has 0 aliphatic rings. The lowest BCUT2D eigenvalue weighted by atomic mass is 10.1. The van der Waals surface area contributed by atoms with Gasteiger partial charge in [0.05, 0.1) is 23.4 Å². The quantitative estimate of drug-likeness (QED) is 0.802. The first-order chi connectivity index (χ1) is 8.08. The number of carbonyl (C=O) groups excluding carboxylic acids is 1. The minimum Gasteiger partial charge on any atom is -0.392 e. The van der Waals surface area contributed by atoms with Gasteiger partial charge >= 0.3 is 0 Å². The van der Waals surface area contributed by atoms with Crippen LogP contribution in [0.4, 0.5) is 0 Å². The van der Waals surface area contributed by atoms with Gasteiger partial charge in [0.25, 0.3) is 5.91 Å². The van der Waals surface area contributed by atoms with Crippen molar-refractivity contribution in [2.45, 2.75) is 13.0 Å². The van der Waals surface area contributed by atoms with Crippen molar-refractivity contribution in [3.63, 3.8) is 0 Å². The van der Waals surface area contributed by atoms with Gasteiger partial charge in [-0.05, 0) is 19.1 Å². The lowest BCUT2D eigenvalue weighted by molar-refractivity contribution is 0.0925. The Morgan fingerprint density at radius 3 is 3.12 bits per heavy atom. The Morgan fingerprint density at radius 1 is 1.65 bits per heavy atom. The van der Waals surface area contributed by atoms with Crippen LogP contribution in [0.1, 0.15) is 17.3 Å². The van der Waals surface area contributed by atoms with Crippen LogP contribution in [0.5, 0.6) is 0 Å². The number of fused-ring (bicyclic) bond motifs is 1. The predicted octanol–water partition coefficient (Wildman–Crippen LogP) is 1.44.